The van der Waals surface area contributed by atoms with Crippen LogP contribution in [0.2, 0.25) is 10.0 Å². The van der Waals surface area contributed by atoms with Crippen molar-refractivity contribution in [1.29, 1.82) is 0 Å². The minimum atomic E-state index is -0.221. The summed E-state index contributed by atoms with van der Waals surface area (Å²) in [6.45, 7) is 1.68. The summed E-state index contributed by atoms with van der Waals surface area (Å²) in [5.41, 5.74) is 4.59. The standard InChI is InChI=1S/C20H18Cl2N4O/c1-26-9-16(15-6-13(21)7-18(22)17(15)10-26)12-2-4-14(5-3-12)25-20(27)19-8-23-11-24-19/h2-8,11,16H,9-10H2,1H3,(H,23,24)(H,25,27). The number of aromatic nitrogens is 2. The van der Waals surface area contributed by atoms with E-state index in [1.54, 1.807) is 6.07 Å². The van der Waals surface area contributed by atoms with Crippen LogP contribution in [0.5, 0.6) is 0 Å². The number of hydrogen-bond acceptors (Lipinski definition) is 3. The van der Waals surface area contributed by atoms with Gasteiger partial charge in [0.05, 0.1) is 12.5 Å². The number of imidazole rings is 1. The van der Waals surface area contributed by atoms with Crippen LogP contribution in [-0.2, 0) is 6.54 Å². The molecule has 2 aromatic carbocycles. The van der Waals surface area contributed by atoms with Crippen LogP contribution in [0.25, 0.3) is 0 Å². The molecule has 2 N–H and O–H groups in total. The first-order valence-corrected chi connectivity index (χ1v) is 9.33. The number of benzene rings is 2. The maximum Gasteiger partial charge on any atom is 0.273 e. The molecule has 1 aliphatic heterocycles. The Morgan fingerprint density at radius 1 is 1.26 bits per heavy atom. The third kappa shape index (κ3) is 3.72. The van der Waals surface area contributed by atoms with E-state index in [-0.39, 0.29) is 11.8 Å². The molecule has 0 fully saturated rings. The molecule has 0 bridgehead atoms. The smallest absolute Gasteiger partial charge is 0.273 e. The zero-order valence-corrected chi connectivity index (χ0v) is 16.2. The van der Waals surface area contributed by atoms with Crippen LogP contribution in [0, 0.1) is 0 Å². The highest BCUT2D eigenvalue weighted by Gasteiger charge is 2.27. The van der Waals surface area contributed by atoms with E-state index in [4.69, 9.17) is 23.2 Å². The van der Waals surface area contributed by atoms with E-state index in [1.165, 1.54) is 18.1 Å². The van der Waals surface area contributed by atoms with Gasteiger partial charge in [-0.25, -0.2) is 4.98 Å². The molecule has 1 aliphatic rings. The number of H-pyrrole nitrogens is 1. The fourth-order valence-corrected chi connectivity index (χ4v) is 4.08. The highest BCUT2D eigenvalue weighted by Crippen LogP contribution is 2.38. The number of fused-ring (bicyclic) bond motifs is 1. The molecule has 0 spiro atoms. The Balaban J connectivity index is 1.60. The van der Waals surface area contributed by atoms with Crippen LogP contribution >= 0.6 is 23.2 Å². The summed E-state index contributed by atoms with van der Waals surface area (Å²) in [4.78, 5) is 21.0. The molecule has 2 heterocycles. The average molecular weight is 401 g/mol. The molecular formula is C20H18Cl2N4O. The van der Waals surface area contributed by atoms with Gasteiger partial charge in [-0.15, -0.1) is 0 Å². The van der Waals surface area contributed by atoms with Gasteiger partial charge in [0.15, 0.2) is 0 Å². The number of aromatic amines is 1. The zero-order chi connectivity index (χ0) is 19.0. The van der Waals surface area contributed by atoms with Crippen molar-refractivity contribution in [2.45, 2.75) is 12.5 Å². The van der Waals surface area contributed by atoms with Crippen LogP contribution in [0.3, 0.4) is 0 Å². The second-order valence-corrected chi connectivity index (χ2v) is 7.59. The number of anilines is 1. The van der Waals surface area contributed by atoms with Crippen LogP contribution in [-0.4, -0.2) is 34.4 Å². The Morgan fingerprint density at radius 3 is 2.74 bits per heavy atom. The molecule has 7 heteroatoms. The van der Waals surface area contributed by atoms with E-state index in [0.29, 0.717) is 15.7 Å². The van der Waals surface area contributed by atoms with Gasteiger partial charge in [-0.2, -0.15) is 0 Å². The van der Waals surface area contributed by atoms with Crippen molar-refractivity contribution >= 4 is 34.8 Å². The molecular weight excluding hydrogens is 383 g/mol. The van der Waals surface area contributed by atoms with Crippen molar-refractivity contribution in [2.24, 2.45) is 0 Å². The van der Waals surface area contributed by atoms with Gasteiger partial charge < -0.3 is 15.2 Å². The lowest BCUT2D eigenvalue weighted by Gasteiger charge is -2.33. The molecule has 1 unspecified atom stereocenters. The van der Waals surface area contributed by atoms with Gasteiger partial charge >= 0.3 is 0 Å². The van der Waals surface area contributed by atoms with E-state index in [2.05, 4.69) is 27.2 Å². The molecule has 5 nitrogen and oxygen atoms in total. The second kappa shape index (κ2) is 7.35. The van der Waals surface area contributed by atoms with Crippen LogP contribution in [0.15, 0.2) is 48.9 Å². The van der Waals surface area contributed by atoms with Crippen molar-refractivity contribution < 1.29 is 4.79 Å². The van der Waals surface area contributed by atoms with Gasteiger partial charge in [0.2, 0.25) is 0 Å². The lowest BCUT2D eigenvalue weighted by atomic mass is 9.84. The highest BCUT2D eigenvalue weighted by atomic mass is 35.5. The minimum absolute atomic E-state index is 0.173. The number of hydrogen-bond donors (Lipinski definition) is 2. The van der Waals surface area contributed by atoms with E-state index in [9.17, 15) is 4.79 Å². The normalized spacial score (nSPS) is 16.8. The van der Waals surface area contributed by atoms with Gasteiger partial charge in [-0.05, 0) is 48.0 Å². The molecule has 4 rings (SSSR count). The Labute approximate surface area is 167 Å². The largest absolute Gasteiger partial charge is 0.341 e. The number of carbonyl (C=O) groups excluding carboxylic acids is 1. The number of rotatable bonds is 3. The Hall–Kier alpha value is -2.34. The van der Waals surface area contributed by atoms with Crippen molar-refractivity contribution in [3.05, 3.63) is 81.4 Å². The maximum absolute atomic E-state index is 12.1. The van der Waals surface area contributed by atoms with Crippen molar-refractivity contribution in [3.63, 3.8) is 0 Å². The summed E-state index contributed by atoms with van der Waals surface area (Å²) in [5, 5.41) is 4.21. The van der Waals surface area contributed by atoms with Gasteiger partial charge in [0.25, 0.3) is 5.91 Å². The van der Waals surface area contributed by atoms with E-state index in [1.807, 2.05) is 30.3 Å². The lowest BCUT2D eigenvalue weighted by molar-refractivity contribution is 0.102. The molecule has 1 amide bonds. The van der Waals surface area contributed by atoms with Gasteiger partial charge in [0, 0.05) is 34.7 Å². The summed E-state index contributed by atoms with van der Waals surface area (Å²) >= 11 is 12.7. The van der Waals surface area contributed by atoms with Gasteiger partial charge in [0.1, 0.15) is 5.69 Å². The summed E-state index contributed by atoms with van der Waals surface area (Å²) in [7, 11) is 2.08. The van der Waals surface area contributed by atoms with Crippen molar-refractivity contribution in [2.75, 3.05) is 18.9 Å². The molecule has 1 aromatic heterocycles. The third-order valence-corrected chi connectivity index (χ3v) is 5.36. The van der Waals surface area contributed by atoms with Crippen molar-refractivity contribution in [1.82, 2.24) is 14.9 Å². The molecule has 3 aromatic rings. The number of likely N-dealkylation sites (N-methyl/N-ethyl adjacent to an activating group) is 1. The van der Waals surface area contributed by atoms with Crippen molar-refractivity contribution in [3.8, 4) is 0 Å². The maximum atomic E-state index is 12.1. The van der Waals surface area contributed by atoms with Gasteiger partial charge in [-0.1, -0.05) is 35.3 Å². The monoisotopic (exact) mass is 400 g/mol. The fourth-order valence-electron chi connectivity index (χ4n) is 3.51. The first kappa shape index (κ1) is 18.0. The topological polar surface area (TPSA) is 61.0 Å². The summed E-state index contributed by atoms with van der Waals surface area (Å²) in [6.07, 6.45) is 2.97. The fraction of sp³-hybridized carbons (Fsp3) is 0.200. The molecule has 0 aliphatic carbocycles. The quantitative estimate of drug-likeness (QED) is 0.677. The second-order valence-electron chi connectivity index (χ2n) is 6.75. The lowest BCUT2D eigenvalue weighted by Crippen LogP contribution is -2.31. The zero-order valence-electron chi connectivity index (χ0n) is 14.7. The number of nitrogens with zero attached hydrogens (tertiary/aromatic N) is 2. The third-order valence-electron chi connectivity index (χ3n) is 4.81. The first-order chi connectivity index (χ1) is 13.0. The number of carbonyl (C=O) groups is 1. The summed E-state index contributed by atoms with van der Waals surface area (Å²) in [5.74, 6) is -0.0473. The summed E-state index contributed by atoms with van der Waals surface area (Å²) in [6, 6.07) is 11.7. The first-order valence-electron chi connectivity index (χ1n) is 8.57. The van der Waals surface area contributed by atoms with Gasteiger partial charge in [-0.3, -0.25) is 4.79 Å². The number of nitrogens with one attached hydrogen (secondary N) is 2. The van der Waals surface area contributed by atoms with Crippen LogP contribution in [0.4, 0.5) is 5.69 Å². The molecule has 1 atom stereocenters. The Kier molecular flexibility index (Phi) is 4.91. The molecule has 0 saturated heterocycles. The Morgan fingerprint density at radius 2 is 2.04 bits per heavy atom. The van der Waals surface area contributed by atoms with Crippen LogP contribution < -0.4 is 5.32 Å². The molecule has 0 radical (unpaired) electrons. The summed E-state index contributed by atoms with van der Waals surface area (Å²) < 4.78 is 0. The van der Waals surface area contributed by atoms with Crippen LogP contribution in [0.1, 0.15) is 33.1 Å². The molecule has 27 heavy (non-hydrogen) atoms. The predicted octanol–water partition coefficient (Wildman–Crippen LogP) is 4.55. The minimum Gasteiger partial charge on any atom is -0.341 e. The number of amides is 1. The van der Waals surface area contributed by atoms with E-state index >= 15 is 0 Å². The predicted molar refractivity (Wildman–Crippen MR) is 108 cm³/mol. The average Bonchev–Trinajstić information content (AvgIpc) is 3.17. The number of halogens is 2. The molecule has 138 valence electrons. The van der Waals surface area contributed by atoms with E-state index < -0.39 is 0 Å². The molecule has 0 saturated carbocycles. The van der Waals surface area contributed by atoms with E-state index in [0.717, 1.165) is 29.9 Å². The Bertz CT molecular complexity index is 970. The highest BCUT2D eigenvalue weighted by molar-refractivity contribution is 6.35. The SMILES string of the molecule is CN1Cc2c(Cl)cc(Cl)cc2C(c2ccc(NC(=O)c3cnc[nH]3)cc2)C1.